The lowest BCUT2D eigenvalue weighted by Gasteiger charge is -2.17. The van der Waals surface area contributed by atoms with Crippen LogP contribution >= 0.6 is 0 Å². The molecule has 0 aliphatic carbocycles. The summed E-state index contributed by atoms with van der Waals surface area (Å²) in [7, 11) is 0. The van der Waals surface area contributed by atoms with Crippen LogP contribution in [0.5, 0.6) is 0 Å². The molecule has 0 saturated carbocycles. The summed E-state index contributed by atoms with van der Waals surface area (Å²) in [4.78, 5) is 51.2. The highest BCUT2D eigenvalue weighted by atomic mass is 16.5. The van der Waals surface area contributed by atoms with Crippen LogP contribution in [-0.2, 0) is 64.6 Å². The molecule has 0 saturated heterocycles. The molecular weight excluding hydrogens is 777 g/mol. The number of carbonyl (C=O) groups excluding carboxylic acids is 4. The van der Waals surface area contributed by atoms with Gasteiger partial charge in [0.2, 0.25) is 0 Å². The fraction of sp³-hybridized carbons (Fsp3) is 0.0741. The third-order valence-electron chi connectivity index (χ3n) is 8.73. The van der Waals surface area contributed by atoms with Crippen molar-refractivity contribution < 1.29 is 38.1 Å². The summed E-state index contributed by atoms with van der Waals surface area (Å²) in [5, 5.41) is 0. The van der Waals surface area contributed by atoms with E-state index in [4.69, 9.17) is 18.9 Å². The maximum absolute atomic E-state index is 12.8. The van der Waals surface area contributed by atoms with E-state index in [-0.39, 0.29) is 26.4 Å². The zero-order valence-electron chi connectivity index (χ0n) is 34.0. The van der Waals surface area contributed by atoms with Crippen molar-refractivity contribution in [3.63, 3.8) is 0 Å². The van der Waals surface area contributed by atoms with Crippen molar-refractivity contribution in [2.24, 2.45) is 0 Å². The van der Waals surface area contributed by atoms with Gasteiger partial charge in [-0.15, -0.1) is 0 Å². The van der Waals surface area contributed by atoms with Crippen LogP contribution in [0.25, 0.3) is 24.3 Å². The van der Waals surface area contributed by atoms with Crippen molar-refractivity contribution in [3.05, 3.63) is 251 Å². The molecule has 8 nitrogen and oxygen atoms in total. The number of carbonyl (C=O) groups is 4. The Bertz CT molecular complexity index is 2110. The standard InChI is InChI=1S/C54H46O8/c55-51(33-17-13-29-43-21-5-1-6-22-43)59-39-47-37-49(41-61-53(57)35-19-15-31-45-25-9-3-10-26-45)50(42-62-54(58)36-20-16-32-46-27-11-4-12-28-46)38-48(47)40-60-52(56)34-18-14-30-44-23-7-2-8-24-44/h1-38H,39-42H2/b29-13+,30-14+,31-15+,32-16+,33-17+,34-18+,35-19+,36-20+. The molecule has 0 unspecified atom stereocenters. The maximum atomic E-state index is 12.8. The second-order valence-corrected chi connectivity index (χ2v) is 13.3. The Balaban J connectivity index is 1.34. The van der Waals surface area contributed by atoms with Gasteiger partial charge in [0.05, 0.1) is 0 Å². The normalized spacial score (nSPS) is 11.9. The van der Waals surface area contributed by atoms with E-state index in [0.717, 1.165) is 22.3 Å². The second-order valence-electron chi connectivity index (χ2n) is 13.3. The molecule has 0 spiro atoms. The molecular formula is C54H46O8. The molecule has 5 aromatic rings. The first-order valence-corrected chi connectivity index (χ1v) is 19.8. The van der Waals surface area contributed by atoms with Crippen LogP contribution in [0.15, 0.2) is 206 Å². The van der Waals surface area contributed by atoms with Gasteiger partial charge in [-0.1, -0.05) is 194 Å². The Hall–Kier alpha value is -8.10. The summed E-state index contributed by atoms with van der Waals surface area (Å²) < 4.78 is 22.4. The van der Waals surface area contributed by atoms with Crippen LogP contribution < -0.4 is 0 Å². The van der Waals surface area contributed by atoms with Crippen molar-refractivity contribution in [2.45, 2.75) is 26.4 Å². The van der Waals surface area contributed by atoms with Crippen LogP contribution in [0.4, 0.5) is 0 Å². The highest BCUT2D eigenvalue weighted by Crippen LogP contribution is 2.22. The quantitative estimate of drug-likeness (QED) is 0.0331. The van der Waals surface area contributed by atoms with E-state index in [1.807, 2.05) is 146 Å². The maximum Gasteiger partial charge on any atom is 0.331 e. The molecule has 62 heavy (non-hydrogen) atoms. The molecule has 0 aromatic heterocycles. The van der Waals surface area contributed by atoms with Crippen molar-refractivity contribution >= 4 is 48.2 Å². The molecule has 5 rings (SSSR count). The van der Waals surface area contributed by atoms with E-state index in [1.54, 1.807) is 60.7 Å². The first-order chi connectivity index (χ1) is 30.4. The predicted molar refractivity (Wildman–Crippen MR) is 244 cm³/mol. The largest absolute Gasteiger partial charge is 0.458 e. The summed E-state index contributed by atoms with van der Waals surface area (Å²) in [6.45, 7) is -0.794. The molecule has 0 aliphatic rings. The van der Waals surface area contributed by atoms with E-state index >= 15 is 0 Å². The Morgan fingerprint density at radius 2 is 0.516 bits per heavy atom. The second kappa shape index (κ2) is 26.1. The Morgan fingerprint density at radius 3 is 0.726 bits per heavy atom. The minimum absolute atomic E-state index is 0.199. The highest BCUT2D eigenvalue weighted by Gasteiger charge is 2.16. The molecule has 8 heteroatoms. The van der Waals surface area contributed by atoms with Crippen molar-refractivity contribution in [3.8, 4) is 0 Å². The van der Waals surface area contributed by atoms with Gasteiger partial charge in [-0.05, 0) is 56.6 Å². The van der Waals surface area contributed by atoms with Gasteiger partial charge >= 0.3 is 23.9 Å². The summed E-state index contributed by atoms with van der Waals surface area (Å²) in [5.74, 6) is -2.42. The summed E-state index contributed by atoms with van der Waals surface area (Å²) in [6, 6.07) is 41.9. The predicted octanol–water partition coefficient (Wildman–Crippen LogP) is 10.9. The number of benzene rings is 5. The zero-order chi connectivity index (χ0) is 43.5. The highest BCUT2D eigenvalue weighted by molar-refractivity contribution is 5.84. The van der Waals surface area contributed by atoms with Gasteiger partial charge in [0, 0.05) is 24.3 Å². The average molecular weight is 823 g/mol. The fourth-order valence-corrected chi connectivity index (χ4v) is 5.58. The summed E-state index contributed by atoms with van der Waals surface area (Å²) >= 11 is 0. The third kappa shape index (κ3) is 17.4. The molecule has 0 amide bonds. The SMILES string of the molecule is O=C(/C=C/C=C/c1ccccc1)OCc1cc(COC(=O)/C=C/C=C/c2ccccc2)c(COC(=O)/C=C/C=C/c2ccccc2)cc1COC(=O)/C=C/C=C/c1ccccc1. The van der Waals surface area contributed by atoms with Crippen molar-refractivity contribution in [1.82, 2.24) is 0 Å². The van der Waals surface area contributed by atoms with E-state index < -0.39 is 23.9 Å². The Labute approximate surface area is 362 Å². The molecule has 0 bridgehead atoms. The monoisotopic (exact) mass is 822 g/mol. The molecule has 0 atom stereocenters. The molecule has 0 aliphatic heterocycles. The number of ether oxygens (including phenoxy) is 4. The Kier molecular flexibility index (Phi) is 18.9. The molecule has 5 aromatic carbocycles. The van der Waals surface area contributed by atoms with Crippen LogP contribution in [0.1, 0.15) is 44.5 Å². The lowest BCUT2D eigenvalue weighted by Crippen LogP contribution is -2.12. The molecule has 0 radical (unpaired) electrons. The van der Waals surface area contributed by atoms with Gasteiger partial charge in [-0.2, -0.15) is 0 Å². The summed E-state index contributed by atoms with van der Waals surface area (Å²) in [5.41, 5.74) is 5.84. The van der Waals surface area contributed by atoms with E-state index in [9.17, 15) is 19.2 Å². The molecule has 0 heterocycles. The van der Waals surface area contributed by atoms with Crippen molar-refractivity contribution in [2.75, 3.05) is 0 Å². The van der Waals surface area contributed by atoms with E-state index in [0.29, 0.717) is 22.3 Å². The first kappa shape index (κ1) is 45.0. The van der Waals surface area contributed by atoms with Gasteiger partial charge in [-0.25, -0.2) is 19.2 Å². The number of allylic oxidation sites excluding steroid dienone is 8. The number of hydrogen-bond acceptors (Lipinski definition) is 8. The topological polar surface area (TPSA) is 105 Å². The number of hydrogen-bond donors (Lipinski definition) is 0. The van der Waals surface area contributed by atoms with Gasteiger partial charge in [0.25, 0.3) is 0 Å². The van der Waals surface area contributed by atoms with Gasteiger partial charge in [0.1, 0.15) is 26.4 Å². The van der Waals surface area contributed by atoms with Crippen LogP contribution in [0.2, 0.25) is 0 Å². The van der Waals surface area contributed by atoms with E-state index in [1.165, 1.54) is 24.3 Å². The van der Waals surface area contributed by atoms with Crippen LogP contribution in [0, 0.1) is 0 Å². The first-order valence-electron chi connectivity index (χ1n) is 19.8. The zero-order valence-corrected chi connectivity index (χ0v) is 34.0. The average Bonchev–Trinajstić information content (AvgIpc) is 3.31. The minimum Gasteiger partial charge on any atom is -0.458 e. The summed E-state index contributed by atoms with van der Waals surface area (Å²) in [6.07, 6.45) is 25.8. The number of rotatable bonds is 20. The van der Waals surface area contributed by atoms with Gasteiger partial charge < -0.3 is 18.9 Å². The smallest absolute Gasteiger partial charge is 0.331 e. The van der Waals surface area contributed by atoms with Crippen LogP contribution in [0.3, 0.4) is 0 Å². The lowest BCUT2D eigenvalue weighted by molar-refractivity contribution is -0.141. The lowest BCUT2D eigenvalue weighted by atomic mass is 9.99. The van der Waals surface area contributed by atoms with E-state index in [2.05, 4.69) is 0 Å². The number of esters is 4. The van der Waals surface area contributed by atoms with Gasteiger partial charge in [0.15, 0.2) is 0 Å². The van der Waals surface area contributed by atoms with Crippen LogP contribution in [-0.4, -0.2) is 23.9 Å². The van der Waals surface area contributed by atoms with Crippen molar-refractivity contribution in [1.29, 1.82) is 0 Å². The molecule has 310 valence electrons. The minimum atomic E-state index is -0.605. The molecule has 0 fully saturated rings. The third-order valence-corrected chi connectivity index (χ3v) is 8.73. The fourth-order valence-electron chi connectivity index (χ4n) is 5.58. The Morgan fingerprint density at radius 1 is 0.306 bits per heavy atom. The molecule has 0 N–H and O–H groups in total. The van der Waals surface area contributed by atoms with Gasteiger partial charge in [-0.3, -0.25) is 0 Å².